The maximum Gasteiger partial charge on any atom is 0.227 e. The highest BCUT2D eigenvalue weighted by Crippen LogP contribution is 2.56. The van der Waals surface area contributed by atoms with E-state index < -0.39 is 22.5 Å². The van der Waals surface area contributed by atoms with Gasteiger partial charge in [0.05, 0.1) is 35.2 Å². The number of hydrogen-bond acceptors (Lipinski definition) is 6. The molecule has 2 saturated carbocycles. The summed E-state index contributed by atoms with van der Waals surface area (Å²) >= 11 is 6.00. The Kier molecular flexibility index (Phi) is 5.20. The van der Waals surface area contributed by atoms with Crippen molar-refractivity contribution in [1.29, 1.82) is 0 Å². The van der Waals surface area contributed by atoms with Gasteiger partial charge in [0.2, 0.25) is 5.95 Å². The molecule has 6 nitrogen and oxygen atoms in total. The van der Waals surface area contributed by atoms with Crippen LogP contribution in [0, 0.1) is 0 Å². The van der Waals surface area contributed by atoms with E-state index in [2.05, 4.69) is 5.32 Å². The zero-order valence-corrected chi connectivity index (χ0v) is 20.0. The zero-order valence-electron chi connectivity index (χ0n) is 18.4. The van der Waals surface area contributed by atoms with Crippen molar-refractivity contribution in [3.63, 3.8) is 0 Å². The van der Waals surface area contributed by atoms with Gasteiger partial charge in [-0.2, -0.15) is 4.98 Å². The van der Waals surface area contributed by atoms with E-state index in [1.54, 1.807) is 0 Å². The molecule has 1 saturated heterocycles. The van der Waals surface area contributed by atoms with Crippen LogP contribution >= 0.6 is 11.6 Å². The van der Waals surface area contributed by atoms with Crippen LogP contribution < -0.4 is 10.2 Å². The Labute approximate surface area is 200 Å². The first-order valence-electron chi connectivity index (χ1n) is 11.8. The number of rotatable bonds is 5. The van der Waals surface area contributed by atoms with Crippen LogP contribution in [0.25, 0.3) is 0 Å². The van der Waals surface area contributed by atoms with Gasteiger partial charge in [0.1, 0.15) is 16.9 Å². The van der Waals surface area contributed by atoms with Crippen LogP contribution in [-0.4, -0.2) is 56.4 Å². The molecule has 0 bridgehead atoms. The molecule has 2 N–H and O–H groups in total. The average molecular weight is 491 g/mol. The van der Waals surface area contributed by atoms with Crippen molar-refractivity contribution in [2.24, 2.45) is 0 Å². The van der Waals surface area contributed by atoms with Crippen molar-refractivity contribution in [2.75, 3.05) is 35.7 Å². The van der Waals surface area contributed by atoms with Crippen molar-refractivity contribution in [3.8, 4) is 0 Å². The summed E-state index contributed by atoms with van der Waals surface area (Å²) in [6, 6.07) is 7.43. The van der Waals surface area contributed by atoms with Gasteiger partial charge in [0.15, 0.2) is 0 Å². The Balaban J connectivity index is 1.31. The van der Waals surface area contributed by atoms with Crippen LogP contribution in [0.15, 0.2) is 29.2 Å². The number of aliphatic hydroxyl groups excluding tert-OH is 1. The van der Waals surface area contributed by atoms with Gasteiger partial charge in [0, 0.05) is 28.7 Å². The summed E-state index contributed by atoms with van der Waals surface area (Å²) in [4.78, 5) is 12.3. The lowest BCUT2D eigenvalue weighted by Crippen LogP contribution is -2.49. The smallest absolute Gasteiger partial charge is 0.227 e. The largest absolute Gasteiger partial charge is 0.394 e. The second-order valence-corrected chi connectivity index (χ2v) is 12.0. The molecule has 176 valence electrons. The Morgan fingerprint density at radius 2 is 1.97 bits per heavy atom. The van der Waals surface area contributed by atoms with E-state index in [1.165, 1.54) is 0 Å². The molecule has 1 spiro atoms. The third-order valence-electron chi connectivity index (χ3n) is 7.96. The third kappa shape index (κ3) is 3.65. The molecule has 1 aromatic carbocycles. The van der Waals surface area contributed by atoms with Crippen molar-refractivity contribution in [2.45, 2.75) is 66.5 Å². The highest BCUT2D eigenvalue weighted by atomic mass is 35.5. The summed E-state index contributed by atoms with van der Waals surface area (Å²) in [7, 11) is -1.16. The normalized spacial score (nSPS) is 28.9. The number of benzene rings is 1. The molecule has 3 fully saturated rings. The highest BCUT2D eigenvalue weighted by molar-refractivity contribution is 7.85. The van der Waals surface area contributed by atoms with Gasteiger partial charge in [-0.05, 0) is 56.2 Å². The Morgan fingerprint density at radius 3 is 2.58 bits per heavy atom. The Morgan fingerprint density at radius 1 is 1.21 bits per heavy atom. The van der Waals surface area contributed by atoms with Gasteiger partial charge >= 0.3 is 0 Å². The quantitative estimate of drug-likeness (QED) is 0.661. The first-order chi connectivity index (χ1) is 15.9. The molecular weight excluding hydrogens is 463 g/mol. The molecule has 33 heavy (non-hydrogen) atoms. The molecule has 4 aliphatic rings. The summed E-state index contributed by atoms with van der Waals surface area (Å²) in [5, 5.41) is 14.1. The maximum atomic E-state index is 15.3. The molecule has 2 aromatic rings. The fourth-order valence-electron chi connectivity index (χ4n) is 5.51. The zero-order chi connectivity index (χ0) is 22.8. The number of aromatic nitrogens is 2. The molecule has 0 amide bonds. The number of piperidine rings is 1. The minimum atomic E-state index is -1.16. The number of hydrogen-bond donors (Lipinski definition) is 2. The van der Waals surface area contributed by atoms with E-state index >= 15 is 4.39 Å². The molecule has 2 unspecified atom stereocenters. The number of halogens is 2. The van der Waals surface area contributed by atoms with Crippen molar-refractivity contribution in [1.82, 2.24) is 9.97 Å². The fraction of sp³-hybridized carbons (Fsp3) is 0.583. The van der Waals surface area contributed by atoms with Crippen LogP contribution in [-0.2, 0) is 16.2 Å². The SMILES string of the molecule is O=[S@]1CC2(CC2)c2nc(N3CCC(c4ccc(Cl)cc4)C(F)C3)nc(NC3(CO)CCC3)c21. The fourth-order valence-corrected chi connectivity index (χ4v) is 7.50. The molecule has 3 atom stereocenters. The number of aliphatic hydroxyl groups is 1. The van der Waals surface area contributed by atoms with Crippen LogP contribution in [0.3, 0.4) is 0 Å². The van der Waals surface area contributed by atoms with Gasteiger partial charge in [-0.15, -0.1) is 0 Å². The van der Waals surface area contributed by atoms with Crippen LogP contribution in [0.4, 0.5) is 16.2 Å². The third-order valence-corrected chi connectivity index (χ3v) is 9.87. The van der Waals surface area contributed by atoms with Crippen molar-refractivity contribution < 1.29 is 13.7 Å². The Bertz CT molecular complexity index is 1100. The molecule has 3 heterocycles. The molecule has 1 aromatic heterocycles. The lowest BCUT2D eigenvalue weighted by atomic mass is 9.77. The van der Waals surface area contributed by atoms with Gasteiger partial charge < -0.3 is 15.3 Å². The van der Waals surface area contributed by atoms with Gasteiger partial charge in [-0.3, -0.25) is 4.21 Å². The second-order valence-electron chi connectivity index (χ2n) is 10.1. The van der Waals surface area contributed by atoms with Crippen molar-refractivity contribution in [3.05, 3.63) is 40.5 Å². The summed E-state index contributed by atoms with van der Waals surface area (Å²) in [6.07, 6.45) is 4.33. The van der Waals surface area contributed by atoms with E-state index in [1.807, 2.05) is 29.2 Å². The molecule has 6 rings (SSSR count). The maximum absolute atomic E-state index is 15.3. The number of alkyl halides is 1. The van der Waals surface area contributed by atoms with E-state index in [0.29, 0.717) is 40.4 Å². The highest BCUT2D eigenvalue weighted by Gasteiger charge is 2.55. The first kappa shape index (κ1) is 21.7. The van der Waals surface area contributed by atoms with E-state index in [0.717, 1.165) is 43.4 Å². The number of fused-ring (bicyclic) bond motifs is 2. The Hall–Kier alpha value is -1.77. The van der Waals surface area contributed by atoms with Gasteiger partial charge in [-0.1, -0.05) is 23.7 Å². The number of nitrogens with one attached hydrogen (secondary N) is 1. The molecule has 2 aliphatic carbocycles. The summed E-state index contributed by atoms with van der Waals surface area (Å²) in [5.41, 5.74) is 1.31. The van der Waals surface area contributed by atoms with Crippen molar-refractivity contribution >= 4 is 34.2 Å². The standard InChI is InChI=1S/C24H28ClFN4O2S/c25-16-4-2-15(3-5-16)17-6-11-30(12-18(17)26)22-27-20-19(33(32)14-23(20)9-10-23)21(28-22)29-24(13-31)7-1-8-24/h2-5,17-18,31H,1,6-14H2,(H,27,28,29)/t17?,18?,33-/m0/s1. The van der Waals surface area contributed by atoms with E-state index in [9.17, 15) is 9.32 Å². The topological polar surface area (TPSA) is 78.4 Å². The molecule has 2 aliphatic heterocycles. The minimum absolute atomic E-state index is 0.0118. The number of nitrogens with zero attached hydrogens (tertiary/aromatic N) is 3. The van der Waals surface area contributed by atoms with E-state index in [-0.39, 0.29) is 24.5 Å². The second kappa shape index (κ2) is 7.89. The van der Waals surface area contributed by atoms with E-state index in [4.69, 9.17) is 21.6 Å². The minimum Gasteiger partial charge on any atom is -0.394 e. The van der Waals surface area contributed by atoms with Crippen LogP contribution in [0.1, 0.15) is 55.7 Å². The monoisotopic (exact) mass is 490 g/mol. The predicted octanol–water partition coefficient (Wildman–Crippen LogP) is 3.94. The van der Waals surface area contributed by atoms with Gasteiger partial charge in [-0.25, -0.2) is 9.37 Å². The number of anilines is 2. The molecular formula is C24H28ClFN4O2S. The molecule has 9 heteroatoms. The summed E-state index contributed by atoms with van der Waals surface area (Å²) in [5.74, 6) is 1.48. The first-order valence-corrected chi connectivity index (χ1v) is 13.5. The predicted molar refractivity (Wildman–Crippen MR) is 127 cm³/mol. The van der Waals surface area contributed by atoms with Crippen LogP contribution in [0.2, 0.25) is 5.02 Å². The lowest BCUT2D eigenvalue weighted by molar-refractivity contribution is 0.143. The van der Waals surface area contributed by atoms with Crippen LogP contribution in [0.5, 0.6) is 0 Å². The lowest BCUT2D eigenvalue weighted by Gasteiger charge is -2.42. The average Bonchev–Trinajstić information content (AvgIpc) is 3.50. The summed E-state index contributed by atoms with van der Waals surface area (Å²) in [6.45, 7) is 0.873. The summed E-state index contributed by atoms with van der Waals surface area (Å²) < 4.78 is 28.4. The van der Waals surface area contributed by atoms with Gasteiger partial charge in [0.25, 0.3) is 0 Å². The molecule has 0 radical (unpaired) electrons.